The van der Waals surface area contributed by atoms with E-state index in [2.05, 4.69) is 16.9 Å². The minimum Gasteiger partial charge on any atom is -0.382 e. The van der Waals surface area contributed by atoms with Gasteiger partial charge in [0, 0.05) is 41.6 Å². The Morgan fingerprint density at radius 1 is 1.04 bits per heavy atom. The normalized spacial score (nSPS) is 23.3. The molecular weight excluding hydrogens is 633 g/mol. The van der Waals surface area contributed by atoms with Gasteiger partial charge in [0.2, 0.25) is 0 Å². The molecule has 9 nitrogen and oxygen atoms in total. The van der Waals surface area contributed by atoms with Gasteiger partial charge in [-0.2, -0.15) is 0 Å². The lowest BCUT2D eigenvalue weighted by Gasteiger charge is -2.32. The molecule has 5 atom stereocenters. The highest BCUT2D eigenvalue weighted by molar-refractivity contribution is 6.28. The number of fused-ring (bicyclic) bond motifs is 2. The van der Waals surface area contributed by atoms with Gasteiger partial charge in [-0.15, -0.1) is 11.7 Å². The number of aromatic nitrogens is 3. The molecule has 10 heteroatoms. The number of alkyl halides is 1. The van der Waals surface area contributed by atoms with Crippen LogP contribution in [0.15, 0.2) is 104 Å². The first-order chi connectivity index (χ1) is 24.0. The number of hydrogen-bond acceptors (Lipinski definition) is 6. The first-order valence-electron chi connectivity index (χ1n) is 17.0. The summed E-state index contributed by atoms with van der Waals surface area (Å²) >= 11 is 0. The van der Waals surface area contributed by atoms with E-state index in [0.29, 0.717) is 46.7 Å². The Bertz CT molecular complexity index is 2160. The average molecular weight is 672 g/mol. The Morgan fingerprint density at radius 3 is 2.54 bits per heavy atom. The quantitative estimate of drug-likeness (QED) is 0.169. The summed E-state index contributed by atoms with van der Waals surface area (Å²) < 4.78 is 24.8. The van der Waals surface area contributed by atoms with Crippen LogP contribution in [0.2, 0.25) is 0 Å². The van der Waals surface area contributed by atoms with E-state index in [-0.39, 0.29) is 18.4 Å². The number of carbonyl (C=O) groups is 2. The summed E-state index contributed by atoms with van der Waals surface area (Å²) in [5.74, 6) is -1.65. The third-order valence-corrected chi connectivity index (χ3v) is 10.7. The van der Waals surface area contributed by atoms with Crippen LogP contribution < -0.4 is 9.80 Å². The second-order valence-corrected chi connectivity index (χ2v) is 14.0. The fourth-order valence-electron chi connectivity index (χ4n) is 8.54. The van der Waals surface area contributed by atoms with Crippen molar-refractivity contribution < 1.29 is 23.8 Å². The topological polar surface area (TPSA) is 101 Å². The number of ether oxygens (including phenoxy) is 1. The molecule has 50 heavy (non-hydrogen) atoms. The maximum Gasteiger partial charge on any atom is 0.264 e. The van der Waals surface area contributed by atoms with Crippen LogP contribution in [0.1, 0.15) is 60.5 Å². The smallest absolute Gasteiger partial charge is 0.264 e. The molecule has 3 aliphatic rings. The van der Waals surface area contributed by atoms with Gasteiger partial charge >= 0.3 is 0 Å². The molecule has 0 unspecified atom stereocenters. The zero-order valence-electron chi connectivity index (χ0n) is 28.2. The van der Waals surface area contributed by atoms with Gasteiger partial charge in [0.05, 0.1) is 29.2 Å². The third kappa shape index (κ3) is 4.73. The largest absolute Gasteiger partial charge is 0.382 e. The van der Waals surface area contributed by atoms with Crippen molar-refractivity contribution in [2.75, 3.05) is 16.3 Å². The number of aryl methyl sites for hydroxylation is 1. The molecule has 254 valence electrons. The summed E-state index contributed by atoms with van der Waals surface area (Å²) in [7, 11) is 0. The number of halogens is 1. The van der Waals surface area contributed by atoms with Crippen LogP contribution in [0.5, 0.6) is 0 Å². The van der Waals surface area contributed by atoms with E-state index in [4.69, 9.17) is 4.74 Å². The van der Waals surface area contributed by atoms with Gasteiger partial charge in [0.15, 0.2) is 5.60 Å². The van der Waals surface area contributed by atoms with Gasteiger partial charge < -0.3 is 14.7 Å². The van der Waals surface area contributed by atoms with Crippen molar-refractivity contribution >= 4 is 39.6 Å². The molecule has 1 aromatic heterocycles. The van der Waals surface area contributed by atoms with Crippen LogP contribution in [-0.4, -0.2) is 50.2 Å². The molecule has 1 spiro atoms. The fourth-order valence-corrected chi connectivity index (χ4v) is 8.54. The second-order valence-electron chi connectivity index (χ2n) is 14.0. The van der Waals surface area contributed by atoms with E-state index >= 15 is 4.39 Å². The zero-order valence-corrected chi connectivity index (χ0v) is 28.2. The van der Waals surface area contributed by atoms with Crippen molar-refractivity contribution in [2.24, 2.45) is 11.8 Å². The van der Waals surface area contributed by atoms with E-state index in [1.807, 2.05) is 91.9 Å². The molecule has 0 aliphatic carbocycles. The van der Waals surface area contributed by atoms with Crippen LogP contribution in [0.4, 0.5) is 21.5 Å². The molecule has 4 aromatic carbocycles. The highest BCUT2D eigenvalue weighted by atomic mass is 19.1. The first-order valence-corrected chi connectivity index (χ1v) is 17.0. The molecule has 2 amide bonds. The second kappa shape index (κ2) is 11.7. The standard InChI is InChI=1S/C40H38FN5O4/c1-5-20-45-31-18-17-27(46-32-16-10-14-25-13-9-15-28(34(25)32)37(46)48)22-29(31)40(38(45)49)24(2)35(39(3,4)41)33(50-40)19-21-44-23-30(42-43-44)36(47)26-11-7-6-8-12-26/h5-18,22-24,33,35-36,47H,1,19-21H2,2-4H3/t24-,33+,35-,36-,40+/m1/s1. The molecule has 8 rings (SSSR count). The summed E-state index contributed by atoms with van der Waals surface area (Å²) in [6.45, 7) is 9.42. The van der Waals surface area contributed by atoms with Crippen LogP contribution in [-0.2, 0) is 21.7 Å². The lowest BCUT2D eigenvalue weighted by molar-refractivity contribution is -0.146. The minimum absolute atomic E-state index is 0.149. The third-order valence-electron chi connectivity index (χ3n) is 10.7. The van der Waals surface area contributed by atoms with Gasteiger partial charge in [0.25, 0.3) is 11.8 Å². The van der Waals surface area contributed by atoms with E-state index in [1.54, 1.807) is 26.8 Å². The van der Waals surface area contributed by atoms with Crippen LogP contribution in [0.25, 0.3) is 10.8 Å². The van der Waals surface area contributed by atoms with Crippen molar-refractivity contribution in [3.8, 4) is 0 Å². The average Bonchev–Trinajstić information content (AvgIpc) is 3.84. The maximum absolute atomic E-state index is 16.3. The Hall–Kier alpha value is -5.19. The number of anilines is 3. The van der Waals surface area contributed by atoms with Gasteiger partial charge in [-0.3, -0.25) is 19.2 Å². The molecule has 3 aliphatic heterocycles. The predicted octanol–water partition coefficient (Wildman–Crippen LogP) is 7.02. The van der Waals surface area contributed by atoms with Crippen molar-refractivity contribution in [2.45, 2.75) is 57.2 Å². The van der Waals surface area contributed by atoms with Crippen LogP contribution in [0, 0.1) is 11.8 Å². The highest BCUT2D eigenvalue weighted by Crippen LogP contribution is 2.59. The van der Waals surface area contributed by atoms with Gasteiger partial charge in [-0.1, -0.05) is 72.8 Å². The van der Waals surface area contributed by atoms with E-state index < -0.39 is 35.3 Å². The molecule has 1 N–H and O–H groups in total. The number of carbonyl (C=O) groups excluding carboxylic acids is 2. The molecule has 5 aromatic rings. The lowest BCUT2D eigenvalue weighted by Crippen LogP contribution is -2.45. The zero-order chi connectivity index (χ0) is 34.9. The predicted molar refractivity (Wildman–Crippen MR) is 189 cm³/mol. The minimum atomic E-state index is -1.70. The Balaban J connectivity index is 1.16. The first kappa shape index (κ1) is 32.0. The summed E-state index contributed by atoms with van der Waals surface area (Å²) in [5, 5.41) is 21.1. The molecule has 4 heterocycles. The number of hydrogen-bond donors (Lipinski definition) is 1. The molecule has 1 fully saturated rings. The lowest BCUT2D eigenvalue weighted by atomic mass is 9.71. The fraction of sp³-hybridized carbons (Fsp3) is 0.300. The number of amides is 2. The van der Waals surface area contributed by atoms with Crippen LogP contribution in [0.3, 0.4) is 0 Å². The number of nitrogens with zero attached hydrogens (tertiary/aromatic N) is 5. The molecule has 0 radical (unpaired) electrons. The number of benzene rings is 4. The van der Waals surface area contributed by atoms with Crippen molar-refractivity contribution in [3.05, 3.63) is 126 Å². The summed E-state index contributed by atoms with van der Waals surface area (Å²) in [6, 6.07) is 26.3. The van der Waals surface area contributed by atoms with Crippen LogP contribution >= 0.6 is 0 Å². The van der Waals surface area contributed by atoms with Gasteiger partial charge in [-0.05, 0) is 61.5 Å². The number of aliphatic hydroxyl groups is 1. The van der Waals surface area contributed by atoms with Gasteiger partial charge in [0.1, 0.15) is 17.5 Å². The summed E-state index contributed by atoms with van der Waals surface area (Å²) in [4.78, 5) is 31.8. The van der Waals surface area contributed by atoms with E-state index in [0.717, 1.165) is 16.5 Å². The van der Waals surface area contributed by atoms with E-state index in [9.17, 15) is 14.7 Å². The Labute approximate surface area is 289 Å². The Kier molecular flexibility index (Phi) is 7.50. The molecular formula is C40H38FN5O4. The highest BCUT2D eigenvalue weighted by Gasteiger charge is 2.66. The monoisotopic (exact) mass is 671 g/mol. The Morgan fingerprint density at radius 2 is 1.80 bits per heavy atom. The maximum atomic E-state index is 16.3. The molecule has 0 bridgehead atoms. The summed E-state index contributed by atoms with van der Waals surface area (Å²) in [5.41, 5.74) is 1.17. The van der Waals surface area contributed by atoms with Crippen molar-refractivity contribution in [1.82, 2.24) is 15.0 Å². The summed E-state index contributed by atoms with van der Waals surface area (Å²) in [6.07, 6.45) is 2.09. The SMILES string of the molecule is C=CCN1C(=O)[C@@]2(O[C@@H](CCn3cc([C@H](O)c4ccccc4)nn3)[C@H](C(C)(C)F)[C@H]2C)c2cc(N3C(=O)c4cccc5cccc3c45)ccc21. The molecule has 0 saturated carbocycles. The van der Waals surface area contributed by atoms with Gasteiger partial charge in [-0.25, -0.2) is 4.39 Å². The van der Waals surface area contributed by atoms with Crippen molar-refractivity contribution in [3.63, 3.8) is 0 Å². The van der Waals surface area contributed by atoms with E-state index in [1.165, 1.54) is 13.8 Å². The number of rotatable bonds is 9. The van der Waals surface area contributed by atoms with Crippen molar-refractivity contribution in [1.29, 1.82) is 0 Å². The number of aliphatic hydroxyl groups excluding tert-OH is 1. The molecule has 1 saturated heterocycles.